The SMILES string of the molecule is CN1CCN(c2ccc(C34CC(C(F)(F)C(=O)N5CCOCC5)(C3)C4)cc2)CC1. The number of amides is 1. The minimum atomic E-state index is -3.27. The Balaban J connectivity index is 1.24. The molecule has 3 saturated carbocycles. The summed E-state index contributed by atoms with van der Waals surface area (Å²) in [6, 6.07) is 8.48. The number of anilines is 1. The summed E-state index contributed by atoms with van der Waals surface area (Å²) in [5, 5.41) is 0. The molecule has 6 rings (SSSR count). The van der Waals surface area contributed by atoms with E-state index in [1.54, 1.807) is 0 Å². The molecule has 2 bridgehead atoms. The van der Waals surface area contributed by atoms with E-state index < -0.39 is 17.2 Å². The highest BCUT2D eigenvalue weighted by atomic mass is 19.3. The molecule has 2 heterocycles. The van der Waals surface area contributed by atoms with Crippen molar-refractivity contribution in [2.45, 2.75) is 30.6 Å². The number of carbonyl (C=O) groups is 1. The second-order valence-corrected chi connectivity index (χ2v) is 9.41. The quantitative estimate of drug-likeness (QED) is 0.771. The number of rotatable bonds is 4. The highest BCUT2D eigenvalue weighted by Gasteiger charge is 2.79. The van der Waals surface area contributed by atoms with Crippen LogP contribution >= 0.6 is 0 Å². The molecule has 3 aliphatic carbocycles. The zero-order chi connectivity index (χ0) is 20.3. The van der Waals surface area contributed by atoms with Crippen LogP contribution in [0.3, 0.4) is 0 Å². The molecule has 0 N–H and O–H groups in total. The monoisotopic (exact) mass is 405 g/mol. The number of piperazine rings is 1. The first-order valence-corrected chi connectivity index (χ1v) is 10.6. The summed E-state index contributed by atoms with van der Waals surface area (Å²) in [4.78, 5) is 18.5. The van der Waals surface area contributed by atoms with Gasteiger partial charge in [0.25, 0.3) is 5.91 Å². The fraction of sp³-hybridized carbons (Fsp3) is 0.682. The molecule has 2 aliphatic heterocycles. The summed E-state index contributed by atoms with van der Waals surface area (Å²) >= 11 is 0. The van der Waals surface area contributed by atoms with E-state index in [2.05, 4.69) is 41.1 Å². The molecule has 2 saturated heterocycles. The van der Waals surface area contributed by atoms with Crippen molar-refractivity contribution in [3.63, 3.8) is 0 Å². The van der Waals surface area contributed by atoms with Crippen molar-refractivity contribution in [3.05, 3.63) is 29.8 Å². The fourth-order valence-electron chi connectivity index (χ4n) is 5.71. The van der Waals surface area contributed by atoms with Crippen molar-refractivity contribution in [1.29, 1.82) is 0 Å². The first kappa shape index (κ1) is 19.2. The third kappa shape index (κ3) is 2.88. The summed E-state index contributed by atoms with van der Waals surface area (Å²) in [7, 11) is 2.14. The summed E-state index contributed by atoms with van der Waals surface area (Å²) < 4.78 is 35.3. The van der Waals surface area contributed by atoms with Crippen molar-refractivity contribution < 1.29 is 18.3 Å². The first-order valence-electron chi connectivity index (χ1n) is 10.6. The molecule has 0 atom stereocenters. The largest absolute Gasteiger partial charge is 0.378 e. The molecule has 29 heavy (non-hydrogen) atoms. The van der Waals surface area contributed by atoms with Gasteiger partial charge in [-0.25, -0.2) is 0 Å². The predicted octanol–water partition coefficient (Wildman–Crippen LogP) is 2.35. The van der Waals surface area contributed by atoms with Gasteiger partial charge in [-0.05, 0) is 49.4 Å². The van der Waals surface area contributed by atoms with E-state index in [0.29, 0.717) is 32.5 Å². The summed E-state index contributed by atoms with van der Waals surface area (Å²) in [5.74, 6) is -4.27. The average Bonchev–Trinajstić information content (AvgIpc) is 2.67. The number of benzene rings is 1. The Morgan fingerprint density at radius 1 is 0.966 bits per heavy atom. The molecular weight excluding hydrogens is 376 g/mol. The maximum absolute atomic E-state index is 15.1. The molecule has 7 heteroatoms. The van der Waals surface area contributed by atoms with Gasteiger partial charge in [0.15, 0.2) is 0 Å². The molecular formula is C22H29F2N3O2. The Bertz CT molecular complexity index is 764. The molecule has 158 valence electrons. The van der Waals surface area contributed by atoms with Crippen LogP contribution in [0.2, 0.25) is 0 Å². The van der Waals surface area contributed by atoms with Gasteiger partial charge in [0.2, 0.25) is 0 Å². The Hall–Kier alpha value is -1.73. The summed E-state index contributed by atoms with van der Waals surface area (Å²) in [5.41, 5.74) is 1.05. The Kier molecular flexibility index (Phi) is 4.41. The van der Waals surface area contributed by atoms with E-state index in [9.17, 15) is 4.79 Å². The van der Waals surface area contributed by atoms with Gasteiger partial charge in [-0.15, -0.1) is 0 Å². The van der Waals surface area contributed by atoms with Crippen molar-refractivity contribution in [3.8, 4) is 0 Å². The number of morpholine rings is 1. The van der Waals surface area contributed by atoms with Crippen molar-refractivity contribution >= 4 is 11.6 Å². The van der Waals surface area contributed by atoms with Gasteiger partial charge in [0, 0.05) is 50.4 Å². The third-order valence-electron chi connectivity index (χ3n) is 7.61. The van der Waals surface area contributed by atoms with Gasteiger partial charge in [0.1, 0.15) is 0 Å². The predicted molar refractivity (Wildman–Crippen MR) is 106 cm³/mol. The van der Waals surface area contributed by atoms with E-state index in [0.717, 1.165) is 31.7 Å². The lowest BCUT2D eigenvalue weighted by atomic mass is 9.31. The van der Waals surface area contributed by atoms with E-state index >= 15 is 8.78 Å². The standard InChI is InChI=1S/C22H29F2N3O2/c1-25-6-8-26(9-7-25)18-4-2-17(3-5-18)20-14-21(15-20,16-20)22(23,24)19(28)27-10-12-29-13-11-27/h2-5H,6-16H2,1H3. The molecule has 5 nitrogen and oxygen atoms in total. The summed E-state index contributed by atoms with van der Waals surface area (Å²) in [6.07, 6.45) is 1.24. The van der Waals surface area contributed by atoms with Gasteiger partial charge in [-0.1, -0.05) is 12.1 Å². The first-order chi connectivity index (χ1) is 13.9. The van der Waals surface area contributed by atoms with E-state index in [1.807, 2.05) is 0 Å². The maximum Gasteiger partial charge on any atom is 0.330 e. The normalized spacial score (nSPS) is 32.5. The van der Waals surface area contributed by atoms with Crippen LogP contribution in [-0.4, -0.2) is 81.2 Å². The summed E-state index contributed by atoms with van der Waals surface area (Å²) in [6.45, 7) is 5.37. The Labute approximate surface area is 170 Å². The highest BCUT2D eigenvalue weighted by Crippen LogP contribution is 2.78. The van der Waals surface area contributed by atoms with Crippen molar-refractivity contribution in [2.24, 2.45) is 5.41 Å². The highest BCUT2D eigenvalue weighted by molar-refractivity contribution is 5.85. The average molecular weight is 405 g/mol. The lowest BCUT2D eigenvalue weighted by molar-refractivity contribution is -0.274. The number of nitrogens with zero attached hydrogens (tertiary/aromatic N) is 3. The Morgan fingerprint density at radius 3 is 2.14 bits per heavy atom. The molecule has 0 radical (unpaired) electrons. The number of carbonyl (C=O) groups excluding carboxylic acids is 1. The number of ether oxygens (including phenoxy) is 1. The zero-order valence-corrected chi connectivity index (χ0v) is 17.0. The number of likely N-dealkylation sites (N-methyl/N-ethyl adjacent to an activating group) is 1. The van der Waals surface area contributed by atoms with Crippen LogP contribution in [0.15, 0.2) is 24.3 Å². The topological polar surface area (TPSA) is 36.0 Å². The van der Waals surface area contributed by atoms with Gasteiger partial charge in [-0.3, -0.25) is 4.79 Å². The Morgan fingerprint density at radius 2 is 1.55 bits per heavy atom. The van der Waals surface area contributed by atoms with Crippen molar-refractivity contribution in [1.82, 2.24) is 9.80 Å². The smallest absolute Gasteiger partial charge is 0.330 e. The van der Waals surface area contributed by atoms with E-state index in [-0.39, 0.29) is 18.5 Å². The number of alkyl halides is 2. The van der Waals surface area contributed by atoms with Crippen LogP contribution in [-0.2, 0) is 14.9 Å². The molecule has 1 aromatic rings. The van der Waals surface area contributed by atoms with Gasteiger partial charge in [-0.2, -0.15) is 8.78 Å². The second kappa shape index (κ2) is 6.64. The molecule has 1 amide bonds. The molecule has 0 spiro atoms. The molecule has 5 aliphatic rings. The zero-order valence-electron chi connectivity index (χ0n) is 17.0. The van der Waals surface area contributed by atoms with Crippen molar-refractivity contribution in [2.75, 3.05) is 64.4 Å². The van der Waals surface area contributed by atoms with Crippen LogP contribution in [0.1, 0.15) is 24.8 Å². The number of hydrogen-bond donors (Lipinski definition) is 0. The molecule has 0 unspecified atom stereocenters. The molecule has 1 aromatic carbocycles. The van der Waals surface area contributed by atoms with Gasteiger partial charge in [0.05, 0.1) is 13.2 Å². The number of halogens is 2. The second-order valence-electron chi connectivity index (χ2n) is 9.41. The van der Waals surface area contributed by atoms with Crippen LogP contribution in [0.25, 0.3) is 0 Å². The van der Waals surface area contributed by atoms with Crippen LogP contribution in [0, 0.1) is 5.41 Å². The van der Waals surface area contributed by atoms with Gasteiger partial charge >= 0.3 is 5.92 Å². The van der Waals surface area contributed by atoms with E-state index in [4.69, 9.17) is 4.74 Å². The fourth-order valence-corrected chi connectivity index (χ4v) is 5.71. The van der Waals surface area contributed by atoms with Crippen LogP contribution < -0.4 is 4.90 Å². The van der Waals surface area contributed by atoms with E-state index in [1.165, 1.54) is 10.6 Å². The maximum atomic E-state index is 15.1. The minimum Gasteiger partial charge on any atom is -0.378 e. The minimum absolute atomic E-state index is 0.157. The lowest BCUT2D eigenvalue weighted by Gasteiger charge is -2.72. The van der Waals surface area contributed by atoms with Crippen LogP contribution in [0.4, 0.5) is 14.5 Å². The molecule has 5 fully saturated rings. The van der Waals surface area contributed by atoms with Gasteiger partial charge < -0.3 is 19.4 Å². The molecule has 0 aromatic heterocycles. The lowest BCUT2D eigenvalue weighted by Crippen LogP contribution is -2.74. The van der Waals surface area contributed by atoms with Crippen LogP contribution in [0.5, 0.6) is 0 Å². The number of hydrogen-bond acceptors (Lipinski definition) is 4. The third-order valence-corrected chi connectivity index (χ3v) is 7.61.